The number of thioether (sulfide) groups is 1. The van der Waals surface area contributed by atoms with Gasteiger partial charge in [0.15, 0.2) is 0 Å². The molecule has 4 heteroatoms. The Morgan fingerprint density at radius 3 is 2.80 bits per heavy atom. The van der Waals surface area contributed by atoms with Crippen LogP contribution in [-0.4, -0.2) is 29.6 Å². The molecular formula is C16H23NO2S. The lowest BCUT2D eigenvalue weighted by atomic mass is 9.88. The molecule has 0 spiro atoms. The molecule has 3 nitrogen and oxygen atoms in total. The maximum Gasteiger partial charge on any atom is 0.225 e. The van der Waals surface area contributed by atoms with E-state index in [9.17, 15) is 4.79 Å². The van der Waals surface area contributed by atoms with E-state index in [1.807, 2.05) is 17.8 Å². The van der Waals surface area contributed by atoms with Gasteiger partial charge in [0.2, 0.25) is 5.91 Å². The number of furan rings is 1. The molecule has 2 heterocycles. The second-order valence-corrected chi connectivity index (χ2v) is 7.13. The fraction of sp³-hybridized carbons (Fsp3) is 0.688. The number of carbonyl (C=O) groups is 1. The molecule has 1 aromatic heterocycles. The van der Waals surface area contributed by atoms with Crippen LogP contribution in [0.5, 0.6) is 0 Å². The summed E-state index contributed by atoms with van der Waals surface area (Å²) in [5.41, 5.74) is 0. The molecule has 1 aromatic rings. The van der Waals surface area contributed by atoms with Crippen LogP contribution < -0.4 is 0 Å². The average molecular weight is 293 g/mol. The fourth-order valence-corrected chi connectivity index (χ4v) is 4.48. The molecule has 1 aliphatic carbocycles. The molecule has 0 N–H and O–H groups in total. The van der Waals surface area contributed by atoms with Crippen LogP contribution in [0, 0.1) is 5.92 Å². The maximum atomic E-state index is 12.6. The molecule has 2 fully saturated rings. The molecule has 1 atom stereocenters. The van der Waals surface area contributed by atoms with E-state index in [1.165, 1.54) is 19.3 Å². The molecule has 1 unspecified atom stereocenters. The summed E-state index contributed by atoms with van der Waals surface area (Å²) in [6.07, 6.45) is 8.72. The minimum Gasteiger partial charge on any atom is -0.468 e. The van der Waals surface area contributed by atoms with Crippen molar-refractivity contribution in [2.45, 2.75) is 43.8 Å². The summed E-state index contributed by atoms with van der Waals surface area (Å²) in [4.78, 5) is 14.7. The summed E-state index contributed by atoms with van der Waals surface area (Å²) >= 11 is 1.92. The minimum atomic E-state index is 0.300. The maximum absolute atomic E-state index is 12.6. The highest BCUT2D eigenvalue weighted by molar-refractivity contribution is 7.99. The Morgan fingerprint density at radius 1 is 1.20 bits per heavy atom. The van der Waals surface area contributed by atoms with Crippen molar-refractivity contribution in [3.8, 4) is 0 Å². The monoisotopic (exact) mass is 293 g/mol. The van der Waals surface area contributed by atoms with E-state index < -0.39 is 0 Å². The lowest BCUT2D eigenvalue weighted by molar-refractivity contribution is -0.136. The standard InChI is InChI=1S/C16H23NO2S/c18-16(13-5-2-1-3-6-13)17-9-8-15(20-12-10-17)14-7-4-11-19-14/h4,7,11,13,15H,1-3,5-6,8-10,12H2. The molecule has 1 aliphatic heterocycles. The predicted octanol–water partition coefficient (Wildman–Crippen LogP) is 3.87. The van der Waals surface area contributed by atoms with Gasteiger partial charge >= 0.3 is 0 Å². The molecule has 0 aromatic carbocycles. The zero-order chi connectivity index (χ0) is 13.8. The Balaban J connectivity index is 1.57. The number of amides is 1. The molecule has 3 rings (SSSR count). The lowest BCUT2D eigenvalue weighted by Gasteiger charge is -2.28. The molecular weight excluding hydrogens is 270 g/mol. The Hall–Kier alpha value is -0.900. The van der Waals surface area contributed by atoms with Gasteiger partial charge in [-0.15, -0.1) is 11.8 Å². The number of hydrogen-bond acceptors (Lipinski definition) is 3. The van der Waals surface area contributed by atoms with Crippen molar-refractivity contribution in [2.24, 2.45) is 5.92 Å². The third-order valence-corrected chi connectivity index (χ3v) is 5.76. The van der Waals surface area contributed by atoms with Crippen LogP contribution in [0.25, 0.3) is 0 Å². The first-order chi connectivity index (χ1) is 9.84. The minimum absolute atomic E-state index is 0.300. The highest BCUT2D eigenvalue weighted by atomic mass is 32.2. The fourth-order valence-electron chi connectivity index (χ4n) is 3.30. The lowest BCUT2D eigenvalue weighted by Crippen LogP contribution is -2.38. The van der Waals surface area contributed by atoms with Crippen LogP contribution in [0.4, 0.5) is 0 Å². The van der Waals surface area contributed by atoms with Gasteiger partial charge in [0.1, 0.15) is 5.76 Å². The van der Waals surface area contributed by atoms with E-state index in [0.717, 1.165) is 43.9 Å². The van der Waals surface area contributed by atoms with E-state index in [4.69, 9.17) is 4.42 Å². The Bertz CT molecular complexity index is 426. The Kier molecular flexibility index (Phi) is 4.71. The highest BCUT2D eigenvalue weighted by Gasteiger charge is 2.28. The molecule has 20 heavy (non-hydrogen) atoms. The van der Waals surface area contributed by atoms with Gasteiger partial charge in [-0.25, -0.2) is 0 Å². The zero-order valence-corrected chi connectivity index (χ0v) is 12.7. The van der Waals surface area contributed by atoms with Crippen molar-refractivity contribution >= 4 is 17.7 Å². The molecule has 1 amide bonds. The molecule has 0 bridgehead atoms. The number of carbonyl (C=O) groups excluding carboxylic acids is 1. The SMILES string of the molecule is O=C(C1CCCCC1)N1CCSC(c2ccco2)CC1. The van der Waals surface area contributed by atoms with Crippen molar-refractivity contribution in [3.63, 3.8) is 0 Å². The van der Waals surface area contributed by atoms with E-state index in [2.05, 4.69) is 11.0 Å². The van der Waals surface area contributed by atoms with Crippen molar-refractivity contribution in [1.82, 2.24) is 4.90 Å². The van der Waals surface area contributed by atoms with Crippen LogP contribution in [0.15, 0.2) is 22.8 Å². The average Bonchev–Trinajstić information content (AvgIpc) is 2.92. The summed E-state index contributed by atoms with van der Waals surface area (Å²) < 4.78 is 5.52. The van der Waals surface area contributed by atoms with Gasteiger partial charge in [-0.05, 0) is 31.4 Å². The van der Waals surface area contributed by atoms with E-state index in [0.29, 0.717) is 17.1 Å². The van der Waals surface area contributed by atoms with Crippen molar-refractivity contribution in [3.05, 3.63) is 24.2 Å². The smallest absolute Gasteiger partial charge is 0.225 e. The van der Waals surface area contributed by atoms with Crippen LogP contribution in [0.1, 0.15) is 49.5 Å². The molecule has 1 saturated carbocycles. The summed E-state index contributed by atoms with van der Waals surface area (Å²) in [5.74, 6) is 2.78. The predicted molar refractivity (Wildman–Crippen MR) is 81.7 cm³/mol. The second-order valence-electron chi connectivity index (χ2n) is 5.82. The van der Waals surface area contributed by atoms with Gasteiger partial charge in [0, 0.05) is 24.8 Å². The van der Waals surface area contributed by atoms with E-state index in [1.54, 1.807) is 6.26 Å². The Morgan fingerprint density at radius 2 is 2.05 bits per heavy atom. The van der Waals surface area contributed by atoms with Crippen LogP contribution in [0.2, 0.25) is 0 Å². The number of nitrogens with zero attached hydrogens (tertiary/aromatic N) is 1. The highest BCUT2D eigenvalue weighted by Crippen LogP contribution is 2.35. The van der Waals surface area contributed by atoms with Crippen molar-refractivity contribution in [1.29, 1.82) is 0 Å². The molecule has 0 radical (unpaired) electrons. The van der Waals surface area contributed by atoms with Crippen molar-refractivity contribution < 1.29 is 9.21 Å². The van der Waals surface area contributed by atoms with Gasteiger partial charge in [-0.1, -0.05) is 19.3 Å². The molecule has 110 valence electrons. The summed E-state index contributed by atoms with van der Waals surface area (Å²) in [7, 11) is 0. The van der Waals surface area contributed by atoms with Gasteiger partial charge in [-0.3, -0.25) is 4.79 Å². The second kappa shape index (κ2) is 6.70. The van der Waals surface area contributed by atoms with Gasteiger partial charge < -0.3 is 9.32 Å². The molecule has 1 saturated heterocycles. The first-order valence-corrected chi connectivity index (χ1v) is 8.83. The van der Waals surface area contributed by atoms with Crippen molar-refractivity contribution in [2.75, 3.05) is 18.8 Å². The zero-order valence-electron chi connectivity index (χ0n) is 11.9. The number of rotatable bonds is 2. The first kappa shape index (κ1) is 14.1. The quantitative estimate of drug-likeness (QED) is 0.830. The van der Waals surface area contributed by atoms with Gasteiger partial charge in [-0.2, -0.15) is 0 Å². The summed E-state index contributed by atoms with van der Waals surface area (Å²) in [6.45, 7) is 1.78. The number of hydrogen-bond donors (Lipinski definition) is 0. The van der Waals surface area contributed by atoms with Crippen LogP contribution >= 0.6 is 11.8 Å². The normalized spacial score (nSPS) is 25.4. The van der Waals surface area contributed by atoms with Crippen LogP contribution in [0.3, 0.4) is 0 Å². The first-order valence-electron chi connectivity index (χ1n) is 7.78. The van der Waals surface area contributed by atoms with Gasteiger partial charge in [0.25, 0.3) is 0 Å². The van der Waals surface area contributed by atoms with E-state index in [-0.39, 0.29) is 0 Å². The van der Waals surface area contributed by atoms with Crippen LogP contribution in [-0.2, 0) is 4.79 Å². The third-order valence-electron chi connectivity index (χ3n) is 4.47. The summed E-state index contributed by atoms with van der Waals surface area (Å²) in [5, 5.41) is 0.411. The largest absolute Gasteiger partial charge is 0.468 e. The topological polar surface area (TPSA) is 33.5 Å². The summed E-state index contributed by atoms with van der Waals surface area (Å²) in [6, 6.07) is 4.00. The third kappa shape index (κ3) is 3.22. The molecule has 2 aliphatic rings. The Labute approximate surface area is 125 Å². The van der Waals surface area contributed by atoms with E-state index >= 15 is 0 Å². The van der Waals surface area contributed by atoms with Gasteiger partial charge in [0.05, 0.1) is 11.5 Å².